The lowest BCUT2D eigenvalue weighted by Crippen LogP contribution is -2.07. The maximum Gasteiger partial charge on any atom is 0.341 e. The van der Waals surface area contributed by atoms with E-state index in [0.717, 1.165) is 5.56 Å². The number of carbonyl (C=O) groups excluding carboxylic acids is 1. The maximum atomic E-state index is 13.5. The van der Waals surface area contributed by atoms with Gasteiger partial charge in [-0.2, -0.15) is 0 Å². The fourth-order valence-corrected chi connectivity index (χ4v) is 2.41. The van der Waals surface area contributed by atoms with E-state index in [9.17, 15) is 9.18 Å². The largest absolute Gasteiger partial charge is 0.455 e. The molecule has 0 saturated heterocycles. The molecular weight excluding hydrogens is 329 g/mol. The molecule has 1 aliphatic heterocycles. The van der Waals surface area contributed by atoms with Gasteiger partial charge in [-0.1, -0.05) is 17.3 Å². The van der Waals surface area contributed by atoms with Crippen molar-refractivity contribution < 1.29 is 27.9 Å². The Kier molecular flexibility index (Phi) is 3.81. The molecule has 0 N–H and O–H groups in total. The van der Waals surface area contributed by atoms with E-state index in [1.807, 2.05) is 6.07 Å². The number of rotatable bonds is 4. The van der Waals surface area contributed by atoms with Crippen molar-refractivity contribution in [3.8, 4) is 22.8 Å². The number of aromatic nitrogens is 1. The fourth-order valence-electron chi connectivity index (χ4n) is 2.41. The van der Waals surface area contributed by atoms with Gasteiger partial charge in [0.1, 0.15) is 18.1 Å². The van der Waals surface area contributed by atoms with Crippen LogP contribution in [0.3, 0.4) is 0 Å². The Morgan fingerprint density at radius 2 is 1.96 bits per heavy atom. The smallest absolute Gasteiger partial charge is 0.341 e. The summed E-state index contributed by atoms with van der Waals surface area (Å²) >= 11 is 0. The lowest BCUT2D eigenvalue weighted by atomic mass is 10.1. The van der Waals surface area contributed by atoms with Crippen molar-refractivity contribution in [2.75, 3.05) is 6.79 Å². The van der Waals surface area contributed by atoms with Gasteiger partial charge >= 0.3 is 5.97 Å². The van der Waals surface area contributed by atoms with Gasteiger partial charge in [-0.05, 0) is 30.3 Å². The highest BCUT2D eigenvalue weighted by atomic mass is 19.1. The zero-order chi connectivity index (χ0) is 17.2. The minimum atomic E-state index is -0.759. The number of carbonyl (C=O) groups is 1. The molecule has 0 unspecified atom stereocenters. The molecule has 25 heavy (non-hydrogen) atoms. The van der Waals surface area contributed by atoms with Crippen LogP contribution < -0.4 is 9.47 Å². The lowest BCUT2D eigenvalue weighted by Gasteiger charge is -2.03. The van der Waals surface area contributed by atoms with E-state index in [-0.39, 0.29) is 19.0 Å². The van der Waals surface area contributed by atoms with Crippen LogP contribution in [0.1, 0.15) is 16.1 Å². The van der Waals surface area contributed by atoms with Crippen LogP contribution in [0, 0.1) is 5.82 Å². The molecule has 1 aromatic heterocycles. The van der Waals surface area contributed by atoms with Crippen molar-refractivity contribution in [2.24, 2.45) is 0 Å². The van der Waals surface area contributed by atoms with Crippen molar-refractivity contribution >= 4 is 5.97 Å². The van der Waals surface area contributed by atoms with Gasteiger partial charge < -0.3 is 18.7 Å². The molecule has 0 atom stereocenters. The molecule has 4 rings (SSSR count). The number of hydrogen-bond acceptors (Lipinski definition) is 6. The standard InChI is InChI=1S/C18H12FNO5/c19-14-4-2-1-3-13(14)18(21)22-9-12-8-16(25-20-12)11-5-6-15-17(7-11)24-10-23-15/h1-8H,9-10H2. The summed E-state index contributed by atoms with van der Waals surface area (Å²) in [7, 11) is 0. The quantitative estimate of drug-likeness (QED) is 0.676. The first kappa shape index (κ1) is 15.2. The maximum absolute atomic E-state index is 13.5. The Morgan fingerprint density at radius 1 is 1.12 bits per heavy atom. The molecule has 0 radical (unpaired) electrons. The second-order valence-electron chi connectivity index (χ2n) is 5.31. The van der Waals surface area contributed by atoms with Gasteiger partial charge in [0, 0.05) is 11.6 Å². The Morgan fingerprint density at radius 3 is 2.84 bits per heavy atom. The van der Waals surface area contributed by atoms with Crippen LogP contribution in [-0.2, 0) is 11.3 Å². The summed E-state index contributed by atoms with van der Waals surface area (Å²) in [4.78, 5) is 11.9. The predicted octanol–water partition coefficient (Wildman–Crippen LogP) is 3.57. The number of ether oxygens (including phenoxy) is 3. The summed E-state index contributed by atoms with van der Waals surface area (Å²) in [5.41, 5.74) is 1.04. The number of benzene rings is 2. The molecule has 0 aliphatic carbocycles. The van der Waals surface area contributed by atoms with Gasteiger partial charge in [0.2, 0.25) is 6.79 Å². The van der Waals surface area contributed by atoms with Crippen LogP contribution in [0.2, 0.25) is 0 Å². The number of hydrogen-bond donors (Lipinski definition) is 0. The van der Waals surface area contributed by atoms with E-state index >= 15 is 0 Å². The first-order valence-electron chi connectivity index (χ1n) is 7.48. The Balaban J connectivity index is 1.45. The van der Waals surface area contributed by atoms with Crippen molar-refractivity contribution in [1.82, 2.24) is 5.16 Å². The molecule has 2 aromatic carbocycles. The van der Waals surface area contributed by atoms with Gasteiger partial charge in [0.25, 0.3) is 0 Å². The van der Waals surface area contributed by atoms with Gasteiger partial charge in [-0.25, -0.2) is 9.18 Å². The third kappa shape index (κ3) is 3.03. The molecule has 0 amide bonds. The average molecular weight is 341 g/mol. The summed E-state index contributed by atoms with van der Waals surface area (Å²) in [5, 5.41) is 3.86. The zero-order valence-electron chi connectivity index (χ0n) is 12.9. The summed E-state index contributed by atoms with van der Waals surface area (Å²) in [6, 6.07) is 12.6. The topological polar surface area (TPSA) is 70.8 Å². The molecule has 0 saturated carbocycles. The van der Waals surface area contributed by atoms with E-state index in [1.54, 1.807) is 24.3 Å². The van der Waals surface area contributed by atoms with Gasteiger partial charge in [0.15, 0.2) is 17.3 Å². The minimum Gasteiger partial charge on any atom is -0.455 e. The molecule has 7 heteroatoms. The predicted molar refractivity (Wildman–Crippen MR) is 83.6 cm³/mol. The van der Waals surface area contributed by atoms with Gasteiger partial charge in [-0.3, -0.25) is 0 Å². The molecule has 3 aromatic rings. The van der Waals surface area contributed by atoms with Crippen LogP contribution >= 0.6 is 0 Å². The summed E-state index contributed by atoms with van der Waals surface area (Å²) in [6.07, 6.45) is 0. The molecule has 0 spiro atoms. The van der Waals surface area contributed by atoms with E-state index < -0.39 is 11.8 Å². The Labute approximate surface area is 141 Å². The van der Waals surface area contributed by atoms with E-state index in [1.165, 1.54) is 18.2 Å². The first-order valence-corrected chi connectivity index (χ1v) is 7.48. The number of esters is 1. The third-order valence-corrected chi connectivity index (χ3v) is 3.66. The molecule has 1 aliphatic rings. The summed E-state index contributed by atoms with van der Waals surface area (Å²) < 4.78 is 34.4. The fraction of sp³-hybridized carbons (Fsp3) is 0.111. The number of fused-ring (bicyclic) bond motifs is 1. The molecule has 0 fully saturated rings. The normalized spacial score (nSPS) is 12.2. The van der Waals surface area contributed by atoms with Crippen molar-refractivity contribution in [3.63, 3.8) is 0 Å². The van der Waals surface area contributed by atoms with Gasteiger partial charge in [0.05, 0.1) is 5.56 Å². The SMILES string of the molecule is O=C(OCc1cc(-c2ccc3c(c2)OCO3)on1)c1ccccc1F. The van der Waals surface area contributed by atoms with E-state index in [2.05, 4.69) is 5.16 Å². The van der Waals surface area contributed by atoms with E-state index in [4.69, 9.17) is 18.7 Å². The number of nitrogens with zero attached hydrogens (tertiary/aromatic N) is 1. The highest BCUT2D eigenvalue weighted by molar-refractivity contribution is 5.89. The van der Waals surface area contributed by atoms with Crippen molar-refractivity contribution in [3.05, 3.63) is 65.6 Å². The van der Waals surface area contributed by atoms with Crippen LogP contribution in [0.4, 0.5) is 4.39 Å². The average Bonchev–Trinajstić information content (AvgIpc) is 3.28. The van der Waals surface area contributed by atoms with Crippen molar-refractivity contribution in [2.45, 2.75) is 6.61 Å². The highest BCUT2D eigenvalue weighted by Gasteiger charge is 2.17. The van der Waals surface area contributed by atoms with Crippen molar-refractivity contribution in [1.29, 1.82) is 0 Å². The van der Waals surface area contributed by atoms with Crippen LogP contribution in [-0.4, -0.2) is 17.9 Å². The highest BCUT2D eigenvalue weighted by Crippen LogP contribution is 2.36. The Bertz CT molecular complexity index is 937. The molecule has 2 heterocycles. The second kappa shape index (κ2) is 6.27. The Hall–Kier alpha value is -3.35. The lowest BCUT2D eigenvalue weighted by molar-refractivity contribution is 0.0459. The summed E-state index contributed by atoms with van der Waals surface area (Å²) in [6.45, 7) is 0.0632. The zero-order valence-corrected chi connectivity index (χ0v) is 12.9. The van der Waals surface area contributed by atoms with Crippen LogP contribution in [0.5, 0.6) is 11.5 Å². The molecular formula is C18H12FNO5. The molecule has 126 valence electrons. The number of halogens is 1. The molecule has 0 bridgehead atoms. The first-order chi connectivity index (χ1) is 12.2. The minimum absolute atomic E-state index is 0.123. The van der Waals surface area contributed by atoms with Crippen LogP contribution in [0.15, 0.2) is 53.1 Å². The van der Waals surface area contributed by atoms with Crippen LogP contribution in [0.25, 0.3) is 11.3 Å². The second-order valence-corrected chi connectivity index (χ2v) is 5.31. The van der Waals surface area contributed by atoms with E-state index in [0.29, 0.717) is 23.0 Å². The third-order valence-electron chi connectivity index (χ3n) is 3.66. The monoisotopic (exact) mass is 341 g/mol. The molecule has 6 nitrogen and oxygen atoms in total. The summed E-state index contributed by atoms with van der Waals surface area (Å²) in [5.74, 6) is 0.401. The van der Waals surface area contributed by atoms with Gasteiger partial charge in [-0.15, -0.1) is 0 Å².